The van der Waals surface area contributed by atoms with Crippen molar-refractivity contribution in [3.05, 3.63) is 35.9 Å². The maximum atomic E-state index is 10.0. The van der Waals surface area contributed by atoms with Crippen LogP contribution in [0.15, 0.2) is 30.3 Å². The molecule has 1 aliphatic carbocycles. The molecule has 4 unspecified atom stereocenters. The third kappa shape index (κ3) is 1.89. The van der Waals surface area contributed by atoms with Crippen LogP contribution in [0, 0.1) is 11.8 Å². The van der Waals surface area contributed by atoms with E-state index < -0.39 is 12.4 Å². The van der Waals surface area contributed by atoms with Gasteiger partial charge in [-0.1, -0.05) is 30.3 Å². The van der Waals surface area contributed by atoms with E-state index in [0.717, 1.165) is 5.56 Å². The average Bonchev–Trinajstić information content (AvgIpc) is 2.96. The highest BCUT2D eigenvalue weighted by atomic mass is 16.7. The third-order valence-electron chi connectivity index (χ3n) is 4.68. The molecule has 0 aromatic heterocycles. The summed E-state index contributed by atoms with van der Waals surface area (Å²) in [6, 6.07) is 9.84. The standard InChI is InChI=1S/C15H18O5/c16-13-12-9-7-18-15(8-4-2-1-3-5-8)20-10(9)6-11(12)19-14(13)17/h1-5,9-17H,6-7H2/t9-,10+,11?,12?,13+,14?,15?/m1/s1. The van der Waals surface area contributed by atoms with Crippen molar-refractivity contribution in [1.29, 1.82) is 0 Å². The van der Waals surface area contributed by atoms with Crippen molar-refractivity contribution in [2.75, 3.05) is 6.61 Å². The van der Waals surface area contributed by atoms with Gasteiger partial charge in [0, 0.05) is 23.8 Å². The zero-order chi connectivity index (χ0) is 13.7. The van der Waals surface area contributed by atoms with Gasteiger partial charge < -0.3 is 24.4 Å². The maximum Gasteiger partial charge on any atom is 0.184 e. The van der Waals surface area contributed by atoms with Crippen LogP contribution in [0.1, 0.15) is 18.3 Å². The van der Waals surface area contributed by atoms with Crippen molar-refractivity contribution in [3.8, 4) is 0 Å². The minimum atomic E-state index is -1.07. The lowest BCUT2D eigenvalue weighted by atomic mass is 9.90. The lowest BCUT2D eigenvalue weighted by molar-refractivity contribution is -0.245. The van der Waals surface area contributed by atoms with Crippen LogP contribution in [0.4, 0.5) is 0 Å². The number of fused-ring (bicyclic) bond motifs is 3. The summed E-state index contributed by atoms with van der Waals surface area (Å²) >= 11 is 0. The van der Waals surface area contributed by atoms with Crippen LogP contribution in [0.5, 0.6) is 0 Å². The Morgan fingerprint density at radius 1 is 1.00 bits per heavy atom. The first kappa shape index (κ1) is 12.7. The molecule has 5 heteroatoms. The predicted molar refractivity (Wildman–Crippen MR) is 68.5 cm³/mol. The van der Waals surface area contributed by atoms with E-state index in [9.17, 15) is 10.2 Å². The van der Waals surface area contributed by atoms with E-state index in [1.807, 2.05) is 30.3 Å². The van der Waals surface area contributed by atoms with E-state index in [-0.39, 0.29) is 30.3 Å². The molecule has 108 valence electrons. The molecule has 0 spiro atoms. The fraction of sp³-hybridized carbons (Fsp3) is 0.600. The molecule has 2 aliphatic heterocycles. The Morgan fingerprint density at radius 3 is 2.60 bits per heavy atom. The van der Waals surface area contributed by atoms with E-state index >= 15 is 0 Å². The molecule has 1 aromatic carbocycles. The van der Waals surface area contributed by atoms with Crippen LogP contribution < -0.4 is 0 Å². The molecule has 2 heterocycles. The van der Waals surface area contributed by atoms with Crippen LogP contribution in [0.25, 0.3) is 0 Å². The zero-order valence-electron chi connectivity index (χ0n) is 11.0. The number of aliphatic hydroxyl groups excluding tert-OH is 2. The molecule has 1 aromatic rings. The van der Waals surface area contributed by atoms with Gasteiger partial charge in [-0.2, -0.15) is 0 Å². The Hall–Kier alpha value is -0.980. The smallest absolute Gasteiger partial charge is 0.184 e. The van der Waals surface area contributed by atoms with Crippen molar-refractivity contribution in [1.82, 2.24) is 0 Å². The quantitative estimate of drug-likeness (QED) is 0.796. The lowest BCUT2D eigenvalue weighted by Gasteiger charge is -2.35. The summed E-state index contributed by atoms with van der Waals surface area (Å²) < 4.78 is 17.2. The number of benzene rings is 1. The van der Waals surface area contributed by atoms with E-state index in [1.165, 1.54) is 0 Å². The summed E-state index contributed by atoms with van der Waals surface area (Å²) in [5, 5.41) is 19.6. The van der Waals surface area contributed by atoms with Crippen molar-refractivity contribution >= 4 is 0 Å². The van der Waals surface area contributed by atoms with Gasteiger partial charge in [-0.3, -0.25) is 0 Å². The molecular formula is C15H18O5. The van der Waals surface area contributed by atoms with Gasteiger partial charge >= 0.3 is 0 Å². The van der Waals surface area contributed by atoms with Gasteiger partial charge in [0.15, 0.2) is 12.6 Å². The summed E-state index contributed by atoms with van der Waals surface area (Å²) in [6.45, 7) is 0.526. The Labute approximate surface area is 117 Å². The van der Waals surface area contributed by atoms with E-state index in [0.29, 0.717) is 13.0 Å². The van der Waals surface area contributed by atoms with Gasteiger partial charge in [-0.15, -0.1) is 0 Å². The highest BCUT2D eigenvalue weighted by molar-refractivity contribution is 5.17. The second-order valence-electron chi connectivity index (χ2n) is 5.78. The Balaban J connectivity index is 1.50. The molecule has 0 radical (unpaired) electrons. The molecule has 3 fully saturated rings. The Bertz CT molecular complexity index is 478. The van der Waals surface area contributed by atoms with Gasteiger partial charge in [0.1, 0.15) is 6.10 Å². The molecule has 7 atom stereocenters. The minimum absolute atomic E-state index is 0.0195. The fourth-order valence-corrected chi connectivity index (χ4v) is 3.71. The second-order valence-corrected chi connectivity index (χ2v) is 5.78. The number of rotatable bonds is 1. The molecule has 0 amide bonds. The first-order chi connectivity index (χ1) is 9.74. The normalized spacial score (nSPS) is 47.0. The molecule has 2 saturated heterocycles. The number of aliphatic hydroxyl groups is 2. The van der Waals surface area contributed by atoms with Crippen molar-refractivity contribution < 1.29 is 24.4 Å². The molecule has 3 aliphatic rings. The predicted octanol–water partition coefficient (Wildman–Crippen LogP) is 0.815. The van der Waals surface area contributed by atoms with Gasteiger partial charge in [0.25, 0.3) is 0 Å². The molecule has 4 rings (SSSR count). The zero-order valence-corrected chi connectivity index (χ0v) is 11.0. The van der Waals surface area contributed by atoms with Gasteiger partial charge in [0.05, 0.1) is 18.8 Å². The average molecular weight is 278 g/mol. The Morgan fingerprint density at radius 2 is 1.80 bits per heavy atom. The monoisotopic (exact) mass is 278 g/mol. The Kier molecular flexibility index (Phi) is 3.05. The lowest BCUT2D eigenvalue weighted by Crippen LogP contribution is -2.40. The molecule has 1 saturated carbocycles. The summed E-state index contributed by atoms with van der Waals surface area (Å²) in [6.07, 6.45) is -1.67. The van der Waals surface area contributed by atoms with E-state index in [2.05, 4.69) is 0 Å². The first-order valence-electron chi connectivity index (χ1n) is 7.07. The third-order valence-corrected chi connectivity index (χ3v) is 4.68. The minimum Gasteiger partial charge on any atom is -0.387 e. The van der Waals surface area contributed by atoms with Crippen LogP contribution in [-0.4, -0.2) is 41.4 Å². The van der Waals surface area contributed by atoms with Crippen LogP contribution >= 0.6 is 0 Å². The van der Waals surface area contributed by atoms with Crippen LogP contribution in [0.2, 0.25) is 0 Å². The van der Waals surface area contributed by atoms with Gasteiger partial charge in [-0.25, -0.2) is 0 Å². The molecule has 5 nitrogen and oxygen atoms in total. The summed E-state index contributed by atoms with van der Waals surface area (Å²) in [5.41, 5.74) is 1.00. The molecule has 2 N–H and O–H groups in total. The topological polar surface area (TPSA) is 68.2 Å². The maximum absolute atomic E-state index is 10.0. The molecular weight excluding hydrogens is 260 g/mol. The largest absolute Gasteiger partial charge is 0.387 e. The first-order valence-corrected chi connectivity index (χ1v) is 7.07. The highest BCUT2D eigenvalue weighted by Gasteiger charge is 2.56. The summed E-state index contributed by atoms with van der Waals surface area (Å²) in [5.74, 6) is -0.00108. The van der Waals surface area contributed by atoms with Crippen LogP contribution in [-0.2, 0) is 14.2 Å². The van der Waals surface area contributed by atoms with E-state index in [4.69, 9.17) is 14.2 Å². The van der Waals surface area contributed by atoms with Crippen molar-refractivity contribution in [2.45, 2.75) is 37.3 Å². The van der Waals surface area contributed by atoms with E-state index in [1.54, 1.807) is 0 Å². The summed E-state index contributed by atoms with van der Waals surface area (Å²) in [7, 11) is 0. The fourth-order valence-electron chi connectivity index (χ4n) is 3.71. The molecule has 20 heavy (non-hydrogen) atoms. The van der Waals surface area contributed by atoms with Crippen molar-refractivity contribution in [2.24, 2.45) is 11.8 Å². The van der Waals surface area contributed by atoms with Gasteiger partial charge in [0.2, 0.25) is 0 Å². The summed E-state index contributed by atoms with van der Waals surface area (Å²) in [4.78, 5) is 0. The number of hydrogen-bond donors (Lipinski definition) is 2. The highest BCUT2D eigenvalue weighted by Crippen LogP contribution is 2.48. The molecule has 0 bridgehead atoms. The van der Waals surface area contributed by atoms with Gasteiger partial charge in [-0.05, 0) is 0 Å². The SMILES string of the molecule is OC1OC2C[C@@H]3OC(c4ccccc4)OC[C@H]3C2[C@@H]1O. The number of ether oxygens (including phenoxy) is 3. The van der Waals surface area contributed by atoms with Crippen LogP contribution in [0.3, 0.4) is 0 Å². The number of hydrogen-bond acceptors (Lipinski definition) is 5. The second kappa shape index (κ2) is 4.79. The van der Waals surface area contributed by atoms with Crippen molar-refractivity contribution in [3.63, 3.8) is 0 Å².